The van der Waals surface area contributed by atoms with Crippen LogP contribution in [0.3, 0.4) is 0 Å². The Morgan fingerprint density at radius 2 is 1.68 bits per heavy atom. The fourth-order valence-electron chi connectivity index (χ4n) is 5.06. The average Bonchev–Trinajstić information content (AvgIpc) is 3.32. The molecule has 25 heavy (non-hydrogen) atoms. The van der Waals surface area contributed by atoms with Gasteiger partial charge in [0.15, 0.2) is 5.78 Å². The lowest BCUT2D eigenvalue weighted by Gasteiger charge is -2.28. The molecule has 1 heterocycles. The Hall–Kier alpha value is -1.84. The molecule has 128 valence electrons. The summed E-state index contributed by atoms with van der Waals surface area (Å²) in [4.78, 5) is 19.7. The van der Waals surface area contributed by atoms with Crippen LogP contribution < -0.4 is 5.06 Å². The van der Waals surface area contributed by atoms with Gasteiger partial charge in [-0.05, 0) is 30.9 Å². The topological polar surface area (TPSA) is 29.5 Å². The Bertz CT molecular complexity index is 781. The van der Waals surface area contributed by atoms with Crippen molar-refractivity contribution in [3.8, 4) is 0 Å². The maximum atomic E-state index is 13.4. The van der Waals surface area contributed by atoms with E-state index in [-0.39, 0.29) is 29.2 Å². The van der Waals surface area contributed by atoms with Crippen LogP contribution in [0.2, 0.25) is 0 Å². The quantitative estimate of drug-likeness (QED) is 0.608. The lowest BCUT2D eigenvalue weighted by molar-refractivity contribution is 0.0371. The second-order valence-electron chi connectivity index (χ2n) is 7.40. The normalized spacial score (nSPS) is 35.8. The molecule has 0 radical (unpaired) electrons. The minimum absolute atomic E-state index is 0.0547. The first-order valence-electron chi connectivity index (χ1n) is 8.98. The Morgan fingerprint density at radius 3 is 2.40 bits per heavy atom. The second kappa shape index (κ2) is 5.86. The van der Waals surface area contributed by atoms with Crippen LogP contribution in [0.4, 0.5) is 5.69 Å². The fourth-order valence-corrected chi connectivity index (χ4v) is 5.53. The molecule has 2 bridgehead atoms. The van der Waals surface area contributed by atoms with Gasteiger partial charge >= 0.3 is 0 Å². The molecule has 1 saturated heterocycles. The molecular weight excluding hydrogens is 334 g/mol. The van der Waals surface area contributed by atoms with E-state index in [1.807, 2.05) is 65.7 Å². The zero-order valence-corrected chi connectivity index (χ0v) is 14.5. The van der Waals surface area contributed by atoms with Crippen molar-refractivity contribution in [2.24, 2.45) is 17.8 Å². The summed E-state index contributed by atoms with van der Waals surface area (Å²) in [6.45, 7) is 0. The molecule has 0 aromatic heterocycles. The van der Waals surface area contributed by atoms with Crippen molar-refractivity contribution < 1.29 is 9.63 Å². The van der Waals surface area contributed by atoms with Gasteiger partial charge in [-0.1, -0.05) is 48.5 Å². The third-order valence-electron chi connectivity index (χ3n) is 6.10. The lowest BCUT2D eigenvalue weighted by Crippen LogP contribution is -2.42. The van der Waals surface area contributed by atoms with E-state index >= 15 is 0 Å². The number of benzene rings is 2. The first-order valence-corrected chi connectivity index (χ1v) is 9.42. The fraction of sp³-hybridized carbons (Fsp3) is 0.381. The van der Waals surface area contributed by atoms with Gasteiger partial charge in [0.1, 0.15) is 6.04 Å². The van der Waals surface area contributed by atoms with Crippen molar-refractivity contribution in [2.45, 2.75) is 30.4 Å². The number of carbonyl (C=O) groups excluding carboxylic acids is 1. The number of alkyl halides is 1. The van der Waals surface area contributed by atoms with E-state index in [1.165, 1.54) is 0 Å². The molecule has 3 aliphatic rings. The number of anilines is 1. The summed E-state index contributed by atoms with van der Waals surface area (Å²) >= 11 is 6.53. The molecule has 4 heteroatoms. The molecule has 6 atom stereocenters. The number of carbonyl (C=O) groups is 1. The SMILES string of the molecule is O=C(c1ccccc1)[C@H]1[C@@H]2[C@@H]3C[C@@H]([C@@H]2ON1c1ccccc1)[C@@H](Cl)C3. The summed E-state index contributed by atoms with van der Waals surface area (Å²) in [7, 11) is 0. The zero-order chi connectivity index (χ0) is 17.0. The molecule has 2 aromatic carbocycles. The number of hydrogen-bond acceptors (Lipinski definition) is 3. The number of para-hydroxylation sites is 1. The predicted octanol–water partition coefficient (Wildman–Crippen LogP) is 4.32. The van der Waals surface area contributed by atoms with Crippen molar-refractivity contribution >= 4 is 23.1 Å². The maximum absolute atomic E-state index is 13.4. The first-order chi connectivity index (χ1) is 12.2. The van der Waals surface area contributed by atoms with Gasteiger partial charge in [-0.2, -0.15) is 0 Å². The van der Waals surface area contributed by atoms with E-state index in [9.17, 15) is 4.79 Å². The Labute approximate surface area is 152 Å². The van der Waals surface area contributed by atoms with Crippen molar-refractivity contribution in [3.05, 3.63) is 66.2 Å². The summed E-state index contributed by atoms with van der Waals surface area (Å²) in [6.07, 6.45) is 2.14. The van der Waals surface area contributed by atoms with Crippen LogP contribution in [0.25, 0.3) is 0 Å². The largest absolute Gasteiger partial charge is 0.292 e. The number of hydrogen-bond donors (Lipinski definition) is 0. The first kappa shape index (κ1) is 15.4. The van der Waals surface area contributed by atoms with Crippen LogP contribution in [0.5, 0.6) is 0 Å². The standard InChI is InChI=1S/C21H20ClNO2/c22-17-12-14-11-16(17)21-18(14)19(20(24)13-7-3-1-4-8-13)23(25-21)15-9-5-2-6-10-15/h1-10,14,16-19,21H,11-12H2/t14-,16-,17+,18+,19-,21+/m1/s1. The van der Waals surface area contributed by atoms with Crippen molar-refractivity contribution in [2.75, 3.05) is 5.06 Å². The summed E-state index contributed by atoms with van der Waals surface area (Å²) in [5, 5.41) is 2.04. The Balaban J connectivity index is 1.56. The van der Waals surface area contributed by atoms with Gasteiger partial charge in [0.25, 0.3) is 0 Å². The molecule has 0 amide bonds. The highest BCUT2D eigenvalue weighted by atomic mass is 35.5. The molecule has 2 saturated carbocycles. The monoisotopic (exact) mass is 353 g/mol. The van der Waals surface area contributed by atoms with E-state index < -0.39 is 0 Å². The third-order valence-corrected chi connectivity index (χ3v) is 6.61. The highest BCUT2D eigenvalue weighted by Gasteiger charge is 2.62. The van der Waals surface area contributed by atoms with Crippen LogP contribution in [-0.4, -0.2) is 23.3 Å². The lowest BCUT2D eigenvalue weighted by atomic mass is 9.79. The van der Waals surface area contributed by atoms with Gasteiger partial charge in [0.05, 0.1) is 11.8 Å². The highest BCUT2D eigenvalue weighted by Crippen LogP contribution is 2.57. The number of nitrogens with zero attached hydrogens (tertiary/aromatic N) is 1. The maximum Gasteiger partial charge on any atom is 0.188 e. The van der Waals surface area contributed by atoms with Crippen LogP contribution >= 0.6 is 11.6 Å². The number of hydroxylamine groups is 1. The number of Topliss-reactive ketones (excluding diaryl/α,β-unsaturated/α-hetero) is 1. The van der Waals surface area contributed by atoms with Gasteiger partial charge in [-0.15, -0.1) is 11.6 Å². The molecule has 0 spiro atoms. The number of rotatable bonds is 3. The molecule has 2 aromatic rings. The van der Waals surface area contributed by atoms with E-state index in [2.05, 4.69) is 0 Å². The Kier molecular flexibility index (Phi) is 3.61. The van der Waals surface area contributed by atoms with Gasteiger partial charge in [-0.3, -0.25) is 9.63 Å². The number of halogens is 1. The molecule has 3 nitrogen and oxygen atoms in total. The second-order valence-corrected chi connectivity index (χ2v) is 7.96. The smallest absolute Gasteiger partial charge is 0.188 e. The van der Waals surface area contributed by atoms with Crippen LogP contribution in [0.1, 0.15) is 23.2 Å². The molecule has 0 unspecified atom stereocenters. The zero-order valence-electron chi connectivity index (χ0n) is 13.8. The van der Waals surface area contributed by atoms with Gasteiger partial charge in [0, 0.05) is 22.8 Å². The molecule has 2 aliphatic carbocycles. The van der Waals surface area contributed by atoms with E-state index in [0.717, 1.165) is 24.1 Å². The summed E-state index contributed by atoms with van der Waals surface area (Å²) < 4.78 is 0. The van der Waals surface area contributed by atoms with Gasteiger partial charge < -0.3 is 0 Å². The molecule has 0 N–H and O–H groups in total. The molecule has 1 aliphatic heterocycles. The average molecular weight is 354 g/mol. The Morgan fingerprint density at radius 1 is 1.00 bits per heavy atom. The van der Waals surface area contributed by atoms with E-state index in [0.29, 0.717) is 11.8 Å². The highest BCUT2D eigenvalue weighted by molar-refractivity contribution is 6.21. The molecular formula is C21H20ClNO2. The minimum atomic E-state index is -0.269. The number of ketones is 1. The van der Waals surface area contributed by atoms with Gasteiger partial charge in [0.2, 0.25) is 0 Å². The van der Waals surface area contributed by atoms with Crippen molar-refractivity contribution in [3.63, 3.8) is 0 Å². The third kappa shape index (κ3) is 2.33. The van der Waals surface area contributed by atoms with Crippen molar-refractivity contribution in [1.82, 2.24) is 0 Å². The van der Waals surface area contributed by atoms with Gasteiger partial charge in [-0.25, -0.2) is 5.06 Å². The minimum Gasteiger partial charge on any atom is -0.292 e. The molecule has 3 fully saturated rings. The summed E-state index contributed by atoms with van der Waals surface area (Å²) in [6, 6.07) is 19.3. The summed E-state index contributed by atoms with van der Waals surface area (Å²) in [5.74, 6) is 1.21. The van der Waals surface area contributed by atoms with E-state index in [4.69, 9.17) is 16.4 Å². The van der Waals surface area contributed by atoms with Crippen LogP contribution in [0, 0.1) is 17.8 Å². The van der Waals surface area contributed by atoms with Crippen LogP contribution in [-0.2, 0) is 4.84 Å². The number of fused-ring (bicyclic) bond motifs is 5. The van der Waals surface area contributed by atoms with Crippen LogP contribution in [0.15, 0.2) is 60.7 Å². The van der Waals surface area contributed by atoms with Crippen molar-refractivity contribution in [1.29, 1.82) is 0 Å². The predicted molar refractivity (Wildman–Crippen MR) is 97.7 cm³/mol. The summed E-state index contributed by atoms with van der Waals surface area (Å²) in [5.41, 5.74) is 1.69. The molecule has 5 rings (SSSR count). The van der Waals surface area contributed by atoms with E-state index in [1.54, 1.807) is 0 Å².